The number of aromatic nitrogens is 3. The number of anilines is 1. The van der Waals surface area contributed by atoms with Gasteiger partial charge >= 0.3 is 0 Å². The second kappa shape index (κ2) is 7.68. The van der Waals surface area contributed by atoms with E-state index in [4.69, 9.17) is 0 Å². The van der Waals surface area contributed by atoms with E-state index >= 15 is 0 Å². The van der Waals surface area contributed by atoms with Crippen molar-refractivity contribution in [2.75, 3.05) is 19.4 Å². The zero-order valence-electron chi connectivity index (χ0n) is 14.9. The van der Waals surface area contributed by atoms with E-state index in [0.29, 0.717) is 12.2 Å². The minimum atomic E-state index is -3.60. The topological polar surface area (TPSA) is 97.2 Å². The fourth-order valence-corrected chi connectivity index (χ4v) is 3.41. The Hall–Kier alpha value is -3.04. The lowest BCUT2D eigenvalue weighted by atomic mass is 10.1. The Morgan fingerprint density at radius 3 is 2.63 bits per heavy atom. The van der Waals surface area contributed by atoms with Gasteiger partial charge < -0.3 is 5.32 Å². The van der Waals surface area contributed by atoms with E-state index in [0.717, 1.165) is 9.87 Å². The number of benzene rings is 2. The van der Waals surface area contributed by atoms with E-state index in [2.05, 4.69) is 15.4 Å². The second-order valence-corrected chi connectivity index (χ2v) is 8.21. The quantitative estimate of drug-likeness (QED) is 0.698. The Morgan fingerprint density at radius 1 is 1.15 bits per heavy atom. The van der Waals surface area contributed by atoms with Gasteiger partial charge in [0.25, 0.3) is 5.91 Å². The number of hydrogen-bond acceptors (Lipinski definition) is 5. The van der Waals surface area contributed by atoms with Crippen LogP contribution in [0.3, 0.4) is 0 Å². The van der Waals surface area contributed by atoms with Crippen LogP contribution in [0.1, 0.15) is 15.9 Å². The normalized spacial score (nSPS) is 11.5. The summed E-state index contributed by atoms with van der Waals surface area (Å²) in [4.78, 5) is 16.5. The number of carbonyl (C=O) groups is 1. The molecule has 0 fully saturated rings. The molecule has 0 aliphatic rings. The van der Waals surface area contributed by atoms with Crippen LogP contribution >= 0.6 is 0 Å². The highest BCUT2D eigenvalue weighted by molar-refractivity contribution is 7.89. The summed E-state index contributed by atoms with van der Waals surface area (Å²) in [5.41, 5.74) is 1.82. The molecule has 0 aliphatic heterocycles. The predicted octanol–water partition coefficient (Wildman–Crippen LogP) is 1.83. The van der Waals surface area contributed by atoms with Crippen LogP contribution in [0.2, 0.25) is 0 Å². The smallest absolute Gasteiger partial charge is 0.255 e. The van der Waals surface area contributed by atoms with Crippen LogP contribution < -0.4 is 5.32 Å². The molecule has 0 unspecified atom stereocenters. The summed E-state index contributed by atoms with van der Waals surface area (Å²) in [6.45, 7) is 0.528. The van der Waals surface area contributed by atoms with E-state index < -0.39 is 10.0 Å². The zero-order valence-corrected chi connectivity index (χ0v) is 15.7. The highest BCUT2D eigenvalue weighted by atomic mass is 32.2. The molecule has 2 aromatic carbocycles. The molecular weight excluding hydrogens is 366 g/mol. The van der Waals surface area contributed by atoms with E-state index in [9.17, 15) is 13.2 Å². The number of nitrogens with zero attached hydrogens (tertiary/aromatic N) is 4. The van der Waals surface area contributed by atoms with Crippen LogP contribution in [-0.4, -0.2) is 47.5 Å². The van der Waals surface area contributed by atoms with Gasteiger partial charge in [-0.2, -0.15) is 5.10 Å². The van der Waals surface area contributed by atoms with Gasteiger partial charge in [0.05, 0.1) is 11.4 Å². The predicted molar refractivity (Wildman–Crippen MR) is 101 cm³/mol. The summed E-state index contributed by atoms with van der Waals surface area (Å²) in [5, 5.41) is 6.85. The van der Waals surface area contributed by atoms with Gasteiger partial charge in [-0.15, -0.1) is 0 Å². The maximum atomic E-state index is 12.5. The molecule has 1 amide bonds. The number of sulfonamides is 1. The van der Waals surface area contributed by atoms with E-state index in [-0.39, 0.29) is 16.4 Å². The zero-order chi connectivity index (χ0) is 19.4. The number of amides is 1. The molecule has 0 radical (unpaired) electrons. The highest BCUT2D eigenvalue weighted by Gasteiger charge is 2.18. The molecule has 1 N–H and O–H groups in total. The van der Waals surface area contributed by atoms with Gasteiger partial charge in [-0.3, -0.25) is 4.79 Å². The number of hydrogen-bond donors (Lipinski definition) is 1. The Balaban J connectivity index is 1.78. The van der Waals surface area contributed by atoms with Crippen LogP contribution in [0.4, 0.5) is 5.69 Å². The second-order valence-electron chi connectivity index (χ2n) is 6.06. The lowest BCUT2D eigenvalue weighted by molar-refractivity contribution is 0.102. The van der Waals surface area contributed by atoms with Gasteiger partial charge in [-0.25, -0.2) is 22.4 Å². The molecule has 140 valence electrons. The molecule has 0 bridgehead atoms. The monoisotopic (exact) mass is 385 g/mol. The Bertz CT molecular complexity index is 1050. The molecule has 0 saturated heterocycles. The fraction of sp³-hybridized carbons (Fsp3) is 0.167. The summed E-state index contributed by atoms with van der Waals surface area (Å²) >= 11 is 0. The maximum Gasteiger partial charge on any atom is 0.255 e. The first-order chi connectivity index (χ1) is 12.9. The lowest BCUT2D eigenvalue weighted by Crippen LogP contribution is -2.22. The van der Waals surface area contributed by atoms with Crippen LogP contribution in [0.5, 0.6) is 0 Å². The summed E-state index contributed by atoms with van der Waals surface area (Å²) in [6, 6.07) is 13.3. The number of carbonyl (C=O) groups excluding carboxylic acids is 1. The molecule has 1 aromatic heterocycles. The molecule has 0 spiro atoms. The standard InChI is InChI=1S/C18H19N5O3S/c1-22(2)27(25,26)17-8-4-6-15(10-17)18(24)21-16-7-3-5-14(9-16)11-23-13-19-12-20-23/h3-10,12-13H,11H2,1-2H3,(H,21,24). The lowest BCUT2D eigenvalue weighted by Gasteiger charge is -2.12. The average molecular weight is 385 g/mol. The van der Waals surface area contributed by atoms with Gasteiger partial charge in [-0.1, -0.05) is 18.2 Å². The molecule has 0 atom stereocenters. The SMILES string of the molecule is CN(C)S(=O)(=O)c1cccc(C(=O)Nc2cccc(Cn3cncn3)c2)c1. The van der Waals surface area contributed by atoms with E-state index in [1.165, 1.54) is 32.6 Å². The summed E-state index contributed by atoms with van der Waals surface area (Å²) < 4.78 is 27.3. The largest absolute Gasteiger partial charge is 0.322 e. The molecule has 1 heterocycles. The molecule has 27 heavy (non-hydrogen) atoms. The van der Waals surface area contributed by atoms with Gasteiger partial charge in [0.1, 0.15) is 12.7 Å². The van der Waals surface area contributed by atoms with Crippen molar-refractivity contribution < 1.29 is 13.2 Å². The van der Waals surface area contributed by atoms with Crippen LogP contribution in [-0.2, 0) is 16.6 Å². The van der Waals surface area contributed by atoms with E-state index in [1.54, 1.807) is 29.2 Å². The molecule has 0 aliphatic carbocycles. The number of rotatable bonds is 6. The van der Waals surface area contributed by atoms with Crippen LogP contribution in [0.15, 0.2) is 66.1 Å². The Labute approximate surface area is 157 Å². The third kappa shape index (κ3) is 4.39. The van der Waals surface area contributed by atoms with Crippen molar-refractivity contribution in [2.45, 2.75) is 11.4 Å². The molecule has 0 saturated carbocycles. The first-order valence-electron chi connectivity index (χ1n) is 8.11. The molecule has 9 heteroatoms. The van der Waals surface area contributed by atoms with E-state index in [1.807, 2.05) is 18.2 Å². The summed E-state index contributed by atoms with van der Waals surface area (Å²) in [7, 11) is -0.710. The Morgan fingerprint density at radius 2 is 1.93 bits per heavy atom. The van der Waals surface area contributed by atoms with Gasteiger partial charge in [0.15, 0.2) is 0 Å². The Kier molecular flexibility index (Phi) is 5.33. The average Bonchev–Trinajstić information content (AvgIpc) is 3.15. The van der Waals surface area contributed by atoms with Crippen molar-refractivity contribution >= 4 is 21.6 Å². The first-order valence-corrected chi connectivity index (χ1v) is 9.55. The van der Waals surface area contributed by atoms with Crippen molar-refractivity contribution in [3.05, 3.63) is 72.3 Å². The third-order valence-electron chi connectivity index (χ3n) is 3.87. The molecule has 3 rings (SSSR count). The number of nitrogens with one attached hydrogen (secondary N) is 1. The minimum Gasteiger partial charge on any atom is -0.322 e. The van der Waals surface area contributed by atoms with Crippen molar-refractivity contribution in [3.8, 4) is 0 Å². The summed E-state index contributed by atoms with van der Waals surface area (Å²) in [6.07, 6.45) is 3.07. The third-order valence-corrected chi connectivity index (χ3v) is 5.68. The minimum absolute atomic E-state index is 0.0695. The van der Waals surface area contributed by atoms with Crippen molar-refractivity contribution in [1.82, 2.24) is 19.1 Å². The molecule has 3 aromatic rings. The fourth-order valence-electron chi connectivity index (χ4n) is 2.46. The highest BCUT2D eigenvalue weighted by Crippen LogP contribution is 2.17. The molecule has 8 nitrogen and oxygen atoms in total. The first kappa shape index (κ1) is 18.7. The molecular formula is C18H19N5O3S. The van der Waals surface area contributed by atoms with Crippen molar-refractivity contribution in [1.29, 1.82) is 0 Å². The van der Waals surface area contributed by atoms with Crippen LogP contribution in [0, 0.1) is 0 Å². The van der Waals surface area contributed by atoms with Crippen molar-refractivity contribution in [3.63, 3.8) is 0 Å². The summed E-state index contributed by atoms with van der Waals surface area (Å²) in [5.74, 6) is -0.385. The van der Waals surface area contributed by atoms with Gasteiger partial charge in [-0.05, 0) is 35.9 Å². The van der Waals surface area contributed by atoms with Crippen LogP contribution in [0.25, 0.3) is 0 Å². The van der Waals surface area contributed by atoms with Gasteiger partial charge in [0.2, 0.25) is 10.0 Å². The van der Waals surface area contributed by atoms with Crippen molar-refractivity contribution in [2.24, 2.45) is 0 Å². The van der Waals surface area contributed by atoms with Gasteiger partial charge in [0, 0.05) is 25.3 Å². The maximum absolute atomic E-state index is 12.5.